The van der Waals surface area contributed by atoms with E-state index in [2.05, 4.69) is 6.07 Å². The van der Waals surface area contributed by atoms with Gasteiger partial charge in [-0.2, -0.15) is 0 Å². The van der Waals surface area contributed by atoms with Crippen LogP contribution in [-0.4, -0.2) is 12.0 Å². The summed E-state index contributed by atoms with van der Waals surface area (Å²) in [6.45, 7) is 0. The van der Waals surface area contributed by atoms with Crippen molar-refractivity contribution in [1.29, 1.82) is 0 Å². The van der Waals surface area contributed by atoms with Crippen molar-refractivity contribution < 1.29 is 9.53 Å². The van der Waals surface area contributed by atoms with Crippen LogP contribution in [-0.2, 0) is 4.74 Å². The predicted octanol–water partition coefficient (Wildman–Crippen LogP) is 3.51. The number of hydrogen-bond donors (Lipinski definition) is 0. The molecule has 0 bridgehead atoms. The first-order chi connectivity index (χ1) is 8.31. The molecule has 2 aromatic carbocycles. The van der Waals surface area contributed by atoms with Gasteiger partial charge in [0.25, 0.3) is 0 Å². The molecule has 0 aliphatic rings. The molecule has 17 heavy (non-hydrogen) atoms. The Balaban J connectivity index is 2.22. The molecule has 0 aliphatic heterocycles. The molecule has 3 heteroatoms. The lowest BCUT2D eigenvalue weighted by Gasteiger charge is -2.03. The van der Waals surface area contributed by atoms with Crippen LogP contribution in [0.25, 0.3) is 11.1 Å². The summed E-state index contributed by atoms with van der Waals surface area (Å²) in [4.78, 5) is 11.4. The van der Waals surface area contributed by atoms with Gasteiger partial charge >= 0.3 is 5.97 Å². The smallest absolute Gasteiger partial charge is 0.339 e. The Morgan fingerprint density at radius 2 is 1.65 bits per heavy atom. The molecule has 0 aliphatic carbocycles. The van der Waals surface area contributed by atoms with E-state index < -0.39 is 5.97 Å². The fourth-order valence-corrected chi connectivity index (χ4v) is 1.61. The monoisotopic (exact) mass is 245 g/mol. The van der Waals surface area contributed by atoms with Crippen LogP contribution in [0, 0.1) is 6.07 Å². The lowest BCUT2D eigenvalue weighted by Crippen LogP contribution is -2.02. The number of alkyl halides is 1. The SMILES string of the molecule is O=C(OCCl)c1ccc(-c2cc[c]cc2)cc1. The normalized spacial score (nSPS) is 9.94. The van der Waals surface area contributed by atoms with E-state index in [1.54, 1.807) is 12.1 Å². The van der Waals surface area contributed by atoms with E-state index in [1.165, 1.54) is 0 Å². The third-order valence-corrected chi connectivity index (χ3v) is 2.47. The van der Waals surface area contributed by atoms with Gasteiger partial charge < -0.3 is 4.74 Å². The second-order valence-electron chi connectivity index (χ2n) is 3.41. The van der Waals surface area contributed by atoms with E-state index in [0.29, 0.717) is 5.56 Å². The van der Waals surface area contributed by atoms with Crippen LogP contribution in [0.3, 0.4) is 0 Å². The number of carbonyl (C=O) groups is 1. The first kappa shape index (κ1) is 11.7. The zero-order valence-electron chi connectivity index (χ0n) is 9.02. The summed E-state index contributed by atoms with van der Waals surface area (Å²) in [5, 5.41) is 0. The molecule has 1 radical (unpaired) electrons. The summed E-state index contributed by atoms with van der Waals surface area (Å²) in [6.07, 6.45) is 0. The molecule has 0 fully saturated rings. The zero-order chi connectivity index (χ0) is 12.1. The van der Waals surface area contributed by atoms with Crippen molar-refractivity contribution in [3.05, 3.63) is 60.2 Å². The van der Waals surface area contributed by atoms with Crippen molar-refractivity contribution in [2.24, 2.45) is 0 Å². The Morgan fingerprint density at radius 3 is 2.24 bits per heavy atom. The van der Waals surface area contributed by atoms with Gasteiger partial charge in [0.1, 0.15) is 0 Å². The number of halogens is 1. The van der Waals surface area contributed by atoms with E-state index in [-0.39, 0.29) is 6.07 Å². The Kier molecular flexibility index (Phi) is 3.78. The maximum absolute atomic E-state index is 11.4. The second kappa shape index (κ2) is 5.51. The molecule has 0 amide bonds. The Labute approximate surface area is 105 Å². The minimum absolute atomic E-state index is 0.130. The highest BCUT2D eigenvalue weighted by Gasteiger charge is 2.06. The summed E-state index contributed by atoms with van der Waals surface area (Å²) < 4.78 is 4.69. The number of esters is 1. The van der Waals surface area contributed by atoms with Crippen LogP contribution >= 0.6 is 11.6 Å². The summed E-state index contributed by atoms with van der Waals surface area (Å²) >= 11 is 5.33. The van der Waals surface area contributed by atoms with Crippen LogP contribution in [0.4, 0.5) is 0 Å². The van der Waals surface area contributed by atoms with Crippen LogP contribution in [0.15, 0.2) is 48.5 Å². The average Bonchev–Trinajstić information content (AvgIpc) is 2.40. The molecular formula is C14H10ClO2. The molecule has 0 saturated carbocycles. The minimum Gasteiger partial charge on any atom is -0.446 e. The Hall–Kier alpha value is -1.80. The molecule has 85 valence electrons. The lowest BCUT2D eigenvalue weighted by atomic mass is 10.0. The van der Waals surface area contributed by atoms with E-state index in [9.17, 15) is 4.79 Å². The van der Waals surface area contributed by atoms with E-state index in [4.69, 9.17) is 16.3 Å². The second-order valence-corrected chi connectivity index (χ2v) is 3.63. The maximum Gasteiger partial charge on any atom is 0.339 e. The topological polar surface area (TPSA) is 26.3 Å². The molecule has 2 aromatic rings. The van der Waals surface area contributed by atoms with Gasteiger partial charge in [-0.1, -0.05) is 48.0 Å². The number of rotatable bonds is 3. The molecule has 0 saturated heterocycles. The molecule has 0 spiro atoms. The lowest BCUT2D eigenvalue weighted by molar-refractivity contribution is 0.0574. The molecule has 2 rings (SSSR count). The molecule has 0 atom stereocenters. The van der Waals surface area contributed by atoms with Gasteiger partial charge in [0.05, 0.1) is 5.56 Å². The summed E-state index contributed by atoms with van der Waals surface area (Å²) in [5.74, 6) is -0.409. The van der Waals surface area contributed by atoms with Crippen LogP contribution < -0.4 is 0 Å². The van der Waals surface area contributed by atoms with Crippen molar-refractivity contribution in [3.8, 4) is 11.1 Å². The standard InChI is InChI=1S/C14H10ClO2/c15-10-17-14(16)13-8-6-12(7-9-13)11-4-2-1-3-5-11/h2-9H,10H2. The van der Waals surface area contributed by atoms with Gasteiger partial charge in [0, 0.05) is 0 Å². The van der Waals surface area contributed by atoms with E-state index >= 15 is 0 Å². The molecule has 0 heterocycles. The summed E-state index contributed by atoms with van der Waals surface area (Å²) in [7, 11) is 0. The van der Waals surface area contributed by atoms with Gasteiger partial charge in [-0.3, -0.25) is 0 Å². The summed E-state index contributed by atoms with van der Waals surface area (Å²) in [5.41, 5.74) is 2.62. The number of ether oxygens (including phenoxy) is 1. The summed E-state index contributed by atoms with van der Waals surface area (Å²) in [6, 6.07) is 17.7. The predicted molar refractivity (Wildman–Crippen MR) is 66.8 cm³/mol. The third kappa shape index (κ3) is 2.86. The molecule has 0 aromatic heterocycles. The number of hydrogen-bond acceptors (Lipinski definition) is 2. The van der Waals surface area contributed by atoms with Crippen LogP contribution in [0.2, 0.25) is 0 Å². The van der Waals surface area contributed by atoms with Crippen molar-refractivity contribution in [2.45, 2.75) is 0 Å². The van der Waals surface area contributed by atoms with Crippen molar-refractivity contribution in [2.75, 3.05) is 6.07 Å². The highest BCUT2D eigenvalue weighted by Crippen LogP contribution is 2.19. The van der Waals surface area contributed by atoms with Crippen molar-refractivity contribution in [3.63, 3.8) is 0 Å². The first-order valence-corrected chi connectivity index (χ1v) is 5.64. The van der Waals surface area contributed by atoms with E-state index in [1.807, 2.05) is 36.4 Å². The molecule has 0 N–H and O–H groups in total. The Morgan fingerprint density at radius 1 is 1.06 bits per heavy atom. The molecule has 0 unspecified atom stereocenters. The largest absolute Gasteiger partial charge is 0.446 e. The highest BCUT2D eigenvalue weighted by atomic mass is 35.5. The van der Waals surface area contributed by atoms with Crippen LogP contribution in [0.5, 0.6) is 0 Å². The highest BCUT2D eigenvalue weighted by molar-refractivity contribution is 6.17. The van der Waals surface area contributed by atoms with Crippen LogP contribution in [0.1, 0.15) is 10.4 Å². The van der Waals surface area contributed by atoms with Gasteiger partial charge in [-0.25, -0.2) is 4.79 Å². The average molecular weight is 246 g/mol. The van der Waals surface area contributed by atoms with Gasteiger partial charge in [-0.05, 0) is 29.3 Å². The molecule has 2 nitrogen and oxygen atoms in total. The fraction of sp³-hybridized carbons (Fsp3) is 0.0714. The minimum atomic E-state index is -0.409. The van der Waals surface area contributed by atoms with Gasteiger partial charge in [0.15, 0.2) is 6.07 Å². The van der Waals surface area contributed by atoms with Gasteiger partial charge in [-0.15, -0.1) is 0 Å². The quantitative estimate of drug-likeness (QED) is 0.611. The maximum atomic E-state index is 11.4. The van der Waals surface area contributed by atoms with Crippen molar-refractivity contribution in [1.82, 2.24) is 0 Å². The Bertz CT molecular complexity index is 491. The first-order valence-electron chi connectivity index (χ1n) is 5.11. The van der Waals surface area contributed by atoms with Crippen molar-refractivity contribution >= 4 is 17.6 Å². The fourth-order valence-electron chi connectivity index (χ4n) is 1.51. The van der Waals surface area contributed by atoms with E-state index in [0.717, 1.165) is 11.1 Å². The van der Waals surface area contributed by atoms with Gasteiger partial charge in [0.2, 0.25) is 0 Å². The molecular weight excluding hydrogens is 236 g/mol. The number of carbonyl (C=O) groups excluding carboxylic acids is 1. The third-order valence-electron chi connectivity index (χ3n) is 2.36. The zero-order valence-corrected chi connectivity index (χ0v) is 9.78. The number of benzene rings is 2.